The zero-order valence-corrected chi connectivity index (χ0v) is 25.1. The van der Waals surface area contributed by atoms with Crippen LogP contribution in [-0.4, -0.2) is 63.6 Å². The average Bonchev–Trinajstić information content (AvgIpc) is 3.23. The molecule has 0 spiro atoms. The lowest BCUT2D eigenvalue weighted by molar-refractivity contribution is -0.146. The molecule has 3 aromatic rings. The van der Waals surface area contributed by atoms with Crippen LogP contribution >= 0.6 is 0 Å². The van der Waals surface area contributed by atoms with Crippen molar-refractivity contribution in [3.8, 4) is 0 Å². The van der Waals surface area contributed by atoms with E-state index < -0.39 is 61.6 Å². The first-order valence-electron chi connectivity index (χ1n) is 12.4. The Balaban J connectivity index is 1.66. The molecule has 3 aromatic carbocycles. The van der Waals surface area contributed by atoms with Crippen LogP contribution in [0.3, 0.4) is 0 Å². The van der Waals surface area contributed by atoms with Crippen molar-refractivity contribution < 1.29 is 47.3 Å². The molecule has 1 heterocycles. The second-order valence-corrected chi connectivity index (χ2v) is 14.2. The van der Waals surface area contributed by atoms with E-state index >= 15 is 0 Å². The zero-order valence-electron chi connectivity index (χ0n) is 22.7. The molecule has 11 nitrogen and oxygen atoms in total. The first-order valence-corrected chi connectivity index (χ1v) is 16.6. The molecular weight excluding hydrogens is 596 g/mol. The highest BCUT2D eigenvalue weighted by Gasteiger charge is 2.52. The van der Waals surface area contributed by atoms with E-state index in [2.05, 4.69) is 0 Å². The third kappa shape index (κ3) is 7.40. The molecule has 0 aromatic heterocycles. The molecule has 0 aliphatic carbocycles. The molecule has 14 heteroatoms. The van der Waals surface area contributed by atoms with Crippen molar-refractivity contribution in [2.24, 2.45) is 0 Å². The molecule has 4 atom stereocenters. The number of hydrogen-bond acceptors (Lipinski definition) is 11. The van der Waals surface area contributed by atoms with Gasteiger partial charge in [0, 0.05) is 7.11 Å². The number of rotatable bonds is 11. The second-order valence-electron chi connectivity index (χ2n) is 9.49. The highest BCUT2D eigenvalue weighted by atomic mass is 32.2. The van der Waals surface area contributed by atoms with Crippen LogP contribution in [0.1, 0.15) is 16.7 Å². The molecule has 0 radical (unpaired) electrons. The Morgan fingerprint density at radius 3 is 1.34 bits per heavy atom. The van der Waals surface area contributed by atoms with E-state index in [9.17, 15) is 25.3 Å². The number of benzene rings is 3. The summed E-state index contributed by atoms with van der Waals surface area (Å²) >= 11 is 0. The molecule has 1 saturated heterocycles. The molecular formula is C27H30O11S3. The Labute approximate surface area is 240 Å². The van der Waals surface area contributed by atoms with Crippen molar-refractivity contribution in [2.45, 2.75) is 60.1 Å². The van der Waals surface area contributed by atoms with Crippen molar-refractivity contribution in [3.63, 3.8) is 0 Å². The van der Waals surface area contributed by atoms with Gasteiger partial charge in [0.05, 0.1) is 21.3 Å². The van der Waals surface area contributed by atoms with Gasteiger partial charge >= 0.3 is 0 Å². The fourth-order valence-electron chi connectivity index (χ4n) is 3.98. The van der Waals surface area contributed by atoms with Crippen LogP contribution in [0, 0.1) is 20.8 Å². The Morgan fingerprint density at radius 2 is 0.951 bits per heavy atom. The topological polar surface area (TPSA) is 149 Å². The molecule has 0 unspecified atom stereocenters. The van der Waals surface area contributed by atoms with E-state index in [1.165, 1.54) is 43.5 Å². The fourth-order valence-corrected chi connectivity index (χ4v) is 7.08. The van der Waals surface area contributed by atoms with Gasteiger partial charge in [0.15, 0.2) is 12.4 Å². The van der Waals surface area contributed by atoms with E-state index in [1.807, 2.05) is 0 Å². The summed E-state index contributed by atoms with van der Waals surface area (Å²) in [6.45, 7) is 4.61. The number of hydrogen-bond donors (Lipinski definition) is 0. The van der Waals surface area contributed by atoms with Crippen LogP contribution in [-0.2, 0) is 52.4 Å². The van der Waals surface area contributed by atoms with Crippen LogP contribution < -0.4 is 0 Å². The van der Waals surface area contributed by atoms with Gasteiger partial charge in [-0.1, -0.05) is 53.1 Å². The lowest BCUT2D eigenvalue weighted by Crippen LogP contribution is -2.42. The molecule has 222 valence electrons. The van der Waals surface area contributed by atoms with Crippen molar-refractivity contribution in [3.05, 3.63) is 89.5 Å². The van der Waals surface area contributed by atoms with E-state index in [0.717, 1.165) is 16.7 Å². The van der Waals surface area contributed by atoms with E-state index in [0.29, 0.717) is 0 Å². The Kier molecular flexibility index (Phi) is 9.35. The SMILES string of the molecule is CO[C@H]1O[C@H](COS(=O)(=O)c2ccc(C)cc2)[C@@H](OS(=O)(=O)c2ccc(C)cc2)[C@H]1OS(=O)(=O)c1ccc(C)cc1. The Bertz CT molecular complexity index is 1670. The summed E-state index contributed by atoms with van der Waals surface area (Å²) in [7, 11) is -12.1. The summed E-state index contributed by atoms with van der Waals surface area (Å²) in [5.41, 5.74) is 2.43. The standard InChI is InChI=1S/C27H30O11S3/c1-18-5-11-21(12-6-18)39(28,29)35-17-24-25(37-40(30,31)22-13-7-19(2)8-14-22)26(27(34-4)36-24)38-41(32,33)23-15-9-20(3)10-16-23/h5-16,24-27H,17H2,1-4H3/t24-,25-,26-,27+/m1/s1. The van der Waals surface area contributed by atoms with Crippen molar-refractivity contribution in [1.82, 2.24) is 0 Å². The van der Waals surface area contributed by atoms with Gasteiger partial charge in [0.25, 0.3) is 30.4 Å². The first kappa shape index (κ1) is 31.3. The Hall–Kier alpha value is -2.69. The molecule has 0 amide bonds. The van der Waals surface area contributed by atoms with Crippen molar-refractivity contribution in [2.75, 3.05) is 13.7 Å². The maximum Gasteiger partial charge on any atom is 0.297 e. The molecule has 0 bridgehead atoms. The molecule has 1 fully saturated rings. The minimum absolute atomic E-state index is 0.135. The van der Waals surface area contributed by atoms with Gasteiger partial charge in [-0.2, -0.15) is 25.3 Å². The van der Waals surface area contributed by atoms with Gasteiger partial charge in [-0.15, -0.1) is 0 Å². The molecule has 0 N–H and O–H groups in total. The lowest BCUT2D eigenvalue weighted by Gasteiger charge is -2.23. The van der Waals surface area contributed by atoms with Crippen LogP contribution in [0.25, 0.3) is 0 Å². The van der Waals surface area contributed by atoms with E-state index in [4.69, 9.17) is 22.0 Å². The second kappa shape index (κ2) is 12.3. The molecule has 0 saturated carbocycles. The third-order valence-electron chi connectivity index (χ3n) is 6.29. The molecule has 41 heavy (non-hydrogen) atoms. The fraction of sp³-hybridized carbons (Fsp3) is 0.333. The highest BCUT2D eigenvalue weighted by Crippen LogP contribution is 2.33. The normalized spacial score (nSPS) is 21.7. The summed E-state index contributed by atoms with van der Waals surface area (Å²) in [6, 6.07) is 17.4. The average molecular weight is 627 g/mol. The zero-order chi connectivity index (χ0) is 30.0. The van der Waals surface area contributed by atoms with Crippen LogP contribution in [0.4, 0.5) is 0 Å². The summed E-state index contributed by atoms with van der Waals surface area (Å²) in [5.74, 6) is 0. The van der Waals surface area contributed by atoms with Crippen molar-refractivity contribution >= 4 is 30.4 Å². The van der Waals surface area contributed by atoms with Gasteiger partial charge in [-0.3, -0.25) is 12.5 Å². The van der Waals surface area contributed by atoms with Gasteiger partial charge in [-0.05, 0) is 57.2 Å². The predicted octanol–water partition coefficient (Wildman–Crippen LogP) is 3.24. The molecule has 4 rings (SSSR count). The lowest BCUT2D eigenvalue weighted by atomic mass is 10.1. The molecule has 1 aliphatic rings. The van der Waals surface area contributed by atoms with Crippen LogP contribution in [0.2, 0.25) is 0 Å². The van der Waals surface area contributed by atoms with Crippen molar-refractivity contribution in [1.29, 1.82) is 0 Å². The third-order valence-corrected chi connectivity index (χ3v) is 10.2. The maximum absolute atomic E-state index is 13.2. The van der Waals surface area contributed by atoms with Crippen LogP contribution in [0.5, 0.6) is 0 Å². The first-order chi connectivity index (χ1) is 19.2. The van der Waals surface area contributed by atoms with Gasteiger partial charge in [0.1, 0.15) is 12.2 Å². The minimum atomic E-state index is -4.51. The van der Waals surface area contributed by atoms with E-state index in [-0.39, 0.29) is 14.7 Å². The number of ether oxygens (including phenoxy) is 2. The summed E-state index contributed by atoms with van der Waals surface area (Å²) < 4.78 is 105. The summed E-state index contributed by atoms with van der Waals surface area (Å²) in [6.07, 6.45) is -6.22. The van der Waals surface area contributed by atoms with Gasteiger partial charge < -0.3 is 9.47 Å². The predicted molar refractivity (Wildman–Crippen MR) is 146 cm³/mol. The van der Waals surface area contributed by atoms with Gasteiger partial charge in [-0.25, -0.2) is 0 Å². The largest absolute Gasteiger partial charge is 0.353 e. The maximum atomic E-state index is 13.2. The molecule has 1 aliphatic heterocycles. The summed E-state index contributed by atoms with van der Waals surface area (Å²) in [5, 5.41) is 0. The number of aryl methyl sites for hydroxylation is 3. The monoisotopic (exact) mass is 626 g/mol. The highest BCUT2D eigenvalue weighted by molar-refractivity contribution is 7.87. The van der Waals surface area contributed by atoms with Crippen LogP contribution in [0.15, 0.2) is 87.5 Å². The Morgan fingerprint density at radius 1 is 0.585 bits per heavy atom. The quantitative estimate of drug-likeness (QED) is 0.289. The van der Waals surface area contributed by atoms with Gasteiger partial charge in [0.2, 0.25) is 0 Å². The minimum Gasteiger partial charge on any atom is -0.353 e. The number of methoxy groups -OCH3 is 1. The van der Waals surface area contributed by atoms with E-state index in [1.54, 1.807) is 57.2 Å². The smallest absolute Gasteiger partial charge is 0.297 e. The summed E-state index contributed by atoms with van der Waals surface area (Å²) in [4.78, 5) is -0.542.